The minimum absolute atomic E-state index is 0.244. The molecule has 194 valence electrons. The Morgan fingerprint density at radius 2 is 1.92 bits per heavy atom. The number of nitrogens with zero attached hydrogens (tertiary/aromatic N) is 2. The van der Waals surface area contributed by atoms with Crippen LogP contribution in [0.4, 0.5) is 0 Å². The number of benzene rings is 2. The molecule has 0 amide bonds. The summed E-state index contributed by atoms with van der Waals surface area (Å²) in [6.07, 6.45) is 9.42. The Kier molecular flexibility index (Phi) is 6.99. The normalized spacial score (nSPS) is 14.6. The molecule has 9 heteroatoms. The van der Waals surface area contributed by atoms with Crippen molar-refractivity contribution in [1.29, 1.82) is 0 Å². The first-order valence-corrected chi connectivity index (χ1v) is 13.1. The first-order valence-electron chi connectivity index (χ1n) is 12.0. The van der Waals surface area contributed by atoms with Crippen molar-refractivity contribution in [2.24, 2.45) is 0 Å². The lowest BCUT2D eigenvalue weighted by molar-refractivity contribution is -0.131. The van der Waals surface area contributed by atoms with Crippen molar-refractivity contribution < 1.29 is 19.2 Å². The summed E-state index contributed by atoms with van der Waals surface area (Å²) in [5.41, 5.74) is 2.60. The molecular formula is C29H23Cl3N2O4. The summed E-state index contributed by atoms with van der Waals surface area (Å²) in [6, 6.07) is 8.50. The smallest absolute Gasteiger partial charge is 0.328 e. The Morgan fingerprint density at radius 3 is 2.53 bits per heavy atom. The van der Waals surface area contributed by atoms with Gasteiger partial charge < -0.3 is 9.63 Å². The molecule has 0 spiro atoms. The summed E-state index contributed by atoms with van der Waals surface area (Å²) in [5.74, 6) is -0.933. The maximum atomic E-state index is 14.4. The van der Waals surface area contributed by atoms with E-state index in [0.29, 0.717) is 33.8 Å². The van der Waals surface area contributed by atoms with Gasteiger partial charge in [-0.25, -0.2) is 4.79 Å². The number of carboxylic acid groups (broad SMARTS) is 1. The number of halogens is 3. The zero-order chi connectivity index (χ0) is 27.2. The van der Waals surface area contributed by atoms with Gasteiger partial charge in [0.25, 0.3) is 5.91 Å². The molecule has 6 nitrogen and oxygen atoms in total. The van der Waals surface area contributed by atoms with Gasteiger partial charge in [-0.1, -0.05) is 64.6 Å². The molecule has 4 aromatic rings. The number of hydrogen-bond donors (Lipinski definition) is 1. The van der Waals surface area contributed by atoms with Crippen molar-refractivity contribution in [3.05, 3.63) is 92.8 Å². The molecule has 0 bridgehead atoms. The topological polar surface area (TPSA) is 85.3 Å². The first kappa shape index (κ1) is 26.3. The van der Waals surface area contributed by atoms with Crippen LogP contribution in [-0.4, -0.2) is 26.7 Å². The number of aliphatic carboxylic acids is 1. The van der Waals surface area contributed by atoms with Crippen molar-refractivity contribution in [1.82, 2.24) is 9.72 Å². The highest BCUT2D eigenvalue weighted by molar-refractivity contribution is 6.42. The third kappa shape index (κ3) is 4.37. The molecular weight excluding hydrogens is 547 g/mol. The predicted octanol–water partition coefficient (Wildman–Crippen LogP) is 8.35. The molecule has 38 heavy (non-hydrogen) atoms. The zero-order valence-corrected chi connectivity index (χ0v) is 22.7. The highest BCUT2D eigenvalue weighted by Gasteiger charge is 2.45. The fraction of sp³-hybridized carbons (Fsp3) is 0.207. The number of aromatic nitrogens is 2. The molecule has 5 rings (SSSR count). The molecule has 2 aromatic heterocycles. The summed E-state index contributed by atoms with van der Waals surface area (Å²) in [6.45, 7) is 5.79. The van der Waals surface area contributed by atoms with E-state index in [1.807, 2.05) is 19.1 Å². The van der Waals surface area contributed by atoms with Gasteiger partial charge in [0, 0.05) is 33.7 Å². The van der Waals surface area contributed by atoms with Crippen LogP contribution in [0.5, 0.6) is 0 Å². The Bertz CT molecular complexity index is 1620. The molecule has 1 saturated carbocycles. The van der Waals surface area contributed by atoms with Gasteiger partial charge in [0.1, 0.15) is 11.3 Å². The molecule has 0 saturated heterocycles. The van der Waals surface area contributed by atoms with Crippen molar-refractivity contribution in [3.8, 4) is 11.3 Å². The third-order valence-electron chi connectivity index (χ3n) is 7.15. The van der Waals surface area contributed by atoms with E-state index in [2.05, 4.69) is 11.7 Å². The monoisotopic (exact) mass is 568 g/mol. The average Bonchev–Trinajstić information content (AvgIpc) is 3.41. The van der Waals surface area contributed by atoms with Crippen molar-refractivity contribution in [2.45, 2.75) is 38.0 Å². The van der Waals surface area contributed by atoms with Crippen LogP contribution in [0.15, 0.2) is 59.8 Å². The van der Waals surface area contributed by atoms with Gasteiger partial charge in [-0.05, 0) is 61.6 Å². The van der Waals surface area contributed by atoms with Gasteiger partial charge in [0.05, 0.1) is 15.6 Å². The van der Waals surface area contributed by atoms with Crippen LogP contribution < -0.4 is 0 Å². The molecule has 2 aromatic carbocycles. The Hall–Kier alpha value is -3.32. The van der Waals surface area contributed by atoms with Gasteiger partial charge >= 0.3 is 5.97 Å². The van der Waals surface area contributed by atoms with E-state index >= 15 is 0 Å². The van der Waals surface area contributed by atoms with Gasteiger partial charge in [-0.3, -0.25) is 9.36 Å². The molecule has 1 fully saturated rings. The number of hydrogen-bond acceptors (Lipinski definition) is 4. The van der Waals surface area contributed by atoms with Crippen LogP contribution in [0.25, 0.3) is 28.2 Å². The number of carboxylic acids is 1. The standard InChI is InChI=1S/C29H23Cl3N2O4/c1-3-10-29(11-5-12-29)27-25(26(33-38-27)24-19(31)13-18(30)14-20(24)32)28(37)34-15-16(2)23-17(8-9-22(35)36)6-4-7-21(23)34/h3-4,6-9,13-15H,1,5,10-12H2,2H3,(H,35,36)/b9-8+. The molecule has 0 radical (unpaired) electrons. The molecule has 0 aliphatic heterocycles. The van der Waals surface area contributed by atoms with E-state index < -0.39 is 11.4 Å². The molecule has 0 unspecified atom stereocenters. The van der Waals surface area contributed by atoms with E-state index in [0.717, 1.165) is 36.3 Å². The van der Waals surface area contributed by atoms with E-state index in [9.17, 15) is 9.59 Å². The molecule has 1 aliphatic carbocycles. The Labute approximate surface area is 234 Å². The number of carbonyl (C=O) groups is 2. The highest BCUT2D eigenvalue weighted by Crippen LogP contribution is 2.51. The number of aryl methyl sites for hydroxylation is 1. The van der Waals surface area contributed by atoms with E-state index in [-0.39, 0.29) is 27.2 Å². The van der Waals surface area contributed by atoms with Crippen LogP contribution in [0, 0.1) is 6.92 Å². The summed E-state index contributed by atoms with van der Waals surface area (Å²) in [4.78, 5) is 25.5. The largest absolute Gasteiger partial charge is 0.478 e. The fourth-order valence-corrected chi connectivity index (χ4v) is 6.29. The van der Waals surface area contributed by atoms with E-state index in [1.54, 1.807) is 35.0 Å². The van der Waals surface area contributed by atoms with Crippen LogP contribution in [0.3, 0.4) is 0 Å². The minimum atomic E-state index is -1.06. The SMILES string of the molecule is C=CCC1(c2onc(-c3c(Cl)cc(Cl)cc3Cl)c2C(=O)n2cc(C)c3c(/C=C/C(=O)O)cccc32)CCC1. The lowest BCUT2D eigenvalue weighted by Crippen LogP contribution is -2.35. The number of rotatable bonds is 7. The summed E-state index contributed by atoms with van der Waals surface area (Å²) in [5, 5.41) is 15.1. The molecule has 0 atom stereocenters. The number of allylic oxidation sites excluding steroid dienone is 1. The van der Waals surface area contributed by atoms with Gasteiger partial charge in [0.2, 0.25) is 0 Å². The predicted molar refractivity (Wildman–Crippen MR) is 150 cm³/mol. The Balaban J connectivity index is 1.76. The second-order valence-electron chi connectivity index (χ2n) is 9.51. The average molecular weight is 570 g/mol. The first-order chi connectivity index (χ1) is 18.2. The molecule has 1 N–H and O–H groups in total. The quantitative estimate of drug-likeness (QED) is 0.179. The number of fused-ring (bicyclic) bond motifs is 1. The van der Waals surface area contributed by atoms with Crippen molar-refractivity contribution >= 4 is 63.7 Å². The summed E-state index contributed by atoms with van der Waals surface area (Å²) < 4.78 is 7.48. The van der Waals surface area contributed by atoms with Crippen LogP contribution in [0.1, 0.15) is 52.9 Å². The zero-order valence-electron chi connectivity index (χ0n) is 20.4. The van der Waals surface area contributed by atoms with Gasteiger partial charge in [0.15, 0.2) is 5.76 Å². The van der Waals surface area contributed by atoms with E-state index in [1.165, 1.54) is 6.08 Å². The van der Waals surface area contributed by atoms with Crippen LogP contribution in [0.2, 0.25) is 15.1 Å². The second kappa shape index (κ2) is 10.1. The van der Waals surface area contributed by atoms with E-state index in [4.69, 9.17) is 44.4 Å². The maximum Gasteiger partial charge on any atom is 0.328 e. The van der Waals surface area contributed by atoms with Crippen molar-refractivity contribution in [2.75, 3.05) is 0 Å². The lowest BCUT2D eigenvalue weighted by Gasteiger charge is -2.39. The highest BCUT2D eigenvalue weighted by atomic mass is 35.5. The number of carbonyl (C=O) groups excluding carboxylic acids is 1. The van der Waals surface area contributed by atoms with Gasteiger partial charge in [-0.15, -0.1) is 6.58 Å². The lowest BCUT2D eigenvalue weighted by atomic mass is 9.64. The maximum absolute atomic E-state index is 14.4. The third-order valence-corrected chi connectivity index (χ3v) is 7.97. The fourth-order valence-electron chi connectivity index (χ4n) is 5.30. The van der Waals surface area contributed by atoms with Crippen LogP contribution >= 0.6 is 34.8 Å². The van der Waals surface area contributed by atoms with Gasteiger partial charge in [-0.2, -0.15) is 0 Å². The van der Waals surface area contributed by atoms with Crippen molar-refractivity contribution in [3.63, 3.8) is 0 Å². The molecule has 2 heterocycles. The minimum Gasteiger partial charge on any atom is -0.478 e. The second-order valence-corrected chi connectivity index (χ2v) is 10.8. The summed E-state index contributed by atoms with van der Waals surface area (Å²) in [7, 11) is 0. The Morgan fingerprint density at radius 1 is 1.21 bits per heavy atom. The molecule has 1 aliphatic rings. The van der Waals surface area contributed by atoms with Crippen LogP contribution in [-0.2, 0) is 10.2 Å². The summed E-state index contributed by atoms with van der Waals surface area (Å²) >= 11 is 19.3.